The van der Waals surface area contributed by atoms with Gasteiger partial charge in [0.1, 0.15) is 11.2 Å². The van der Waals surface area contributed by atoms with E-state index in [1.807, 2.05) is 20.8 Å². The van der Waals surface area contributed by atoms with Crippen LogP contribution in [0.5, 0.6) is 0 Å². The predicted molar refractivity (Wildman–Crippen MR) is 81.5 cm³/mol. The molecule has 128 valence electrons. The fraction of sp³-hybridized carbons (Fsp3) is 0.867. The van der Waals surface area contributed by atoms with Crippen molar-refractivity contribution in [2.75, 3.05) is 19.7 Å². The van der Waals surface area contributed by atoms with Gasteiger partial charge in [0.25, 0.3) is 0 Å². The Kier molecular flexibility index (Phi) is 5.67. The highest BCUT2D eigenvalue weighted by Gasteiger charge is 2.39. The summed E-state index contributed by atoms with van der Waals surface area (Å²) >= 11 is 0. The number of likely N-dealkylation sites (tertiary alicyclic amines) is 1. The monoisotopic (exact) mass is 316 g/mol. The van der Waals surface area contributed by atoms with Gasteiger partial charge >= 0.3 is 12.2 Å². The van der Waals surface area contributed by atoms with Crippen LogP contribution in [0.2, 0.25) is 0 Å². The zero-order valence-electron chi connectivity index (χ0n) is 14.3. The number of carbonyl (C=O) groups is 2. The second-order valence-corrected chi connectivity index (χ2v) is 7.58. The molecule has 0 radical (unpaired) electrons. The Hall–Kier alpha value is -1.50. The van der Waals surface area contributed by atoms with E-state index in [1.165, 1.54) is 0 Å². The van der Waals surface area contributed by atoms with Gasteiger partial charge in [0.15, 0.2) is 0 Å². The van der Waals surface area contributed by atoms with Crippen molar-refractivity contribution >= 4 is 12.2 Å². The number of nitrogens with zero attached hydrogens (tertiary/aromatic N) is 1. The number of hydrogen-bond donors (Lipinski definition) is 2. The molecule has 1 heterocycles. The lowest BCUT2D eigenvalue weighted by Gasteiger charge is -2.43. The molecule has 0 spiro atoms. The highest BCUT2D eigenvalue weighted by molar-refractivity contribution is 5.70. The maximum absolute atomic E-state index is 11.8. The van der Waals surface area contributed by atoms with Crippen LogP contribution in [-0.2, 0) is 9.47 Å². The van der Waals surface area contributed by atoms with Gasteiger partial charge in [-0.15, -0.1) is 0 Å². The molecular weight excluding hydrogens is 288 g/mol. The maximum Gasteiger partial charge on any atom is 0.410 e. The molecule has 1 saturated heterocycles. The van der Waals surface area contributed by atoms with Crippen molar-refractivity contribution in [3.8, 4) is 0 Å². The third-order valence-electron chi connectivity index (χ3n) is 3.03. The van der Waals surface area contributed by atoms with E-state index in [0.717, 1.165) is 0 Å². The summed E-state index contributed by atoms with van der Waals surface area (Å²) in [5.74, 6) is -0.00923. The van der Waals surface area contributed by atoms with E-state index >= 15 is 0 Å². The second-order valence-electron chi connectivity index (χ2n) is 7.58. The maximum atomic E-state index is 11.8. The number of alkyl carbamates (subject to hydrolysis) is 1. The first kappa shape index (κ1) is 18.5. The Balaban J connectivity index is 2.42. The minimum absolute atomic E-state index is 0.00923. The van der Waals surface area contributed by atoms with Crippen LogP contribution >= 0.6 is 0 Å². The number of ether oxygens (including phenoxy) is 2. The minimum Gasteiger partial charge on any atom is -0.444 e. The molecule has 2 amide bonds. The average molecular weight is 316 g/mol. The molecule has 0 saturated carbocycles. The van der Waals surface area contributed by atoms with Gasteiger partial charge in [0.2, 0.25) is 0 Å². The summed E-state index contributed by atoms with van der Waals surface area (Å²) in [7, 11) is 0. The number of nitrogens with one attached hydrogen (secondary N) is 1. The van der Waals surface area contributed by atoms with Gasteiger partial charge in [-0.3, -0.25) is 0 Å². The first-order valence-corrected chi connectivity index (χ1v) is 7.49. The Labute approximate surface area is 131 Å². The molecule has 1 atom stereocenters. The minimum atomic E-state index is -0.591. The fourth-order valence-electron chi connectivity index (χ4n) is 2.01. The zero-order valence-corrected chi connectivity index (χ0v) is 14.3. The van der Waals surface area contributed by atoms with Crippen molar-refractivity contribution in [1.82, 2.24) is 10.2 Å². The van der Waals surface area contributed by atoms with E-state index in [0.29, 0.717) is 13.1 Å². The lowest BCUT2D eigenvalue weighted by molar-refractivity contribution is -0.0124. The molecule has 1 aliphatic rings. The van der Waals surface area contributed by atoms with E-state index in [9.17, 15) is 14.7 Å². The first-order valence-electron chi connectivity index (χ1n) is 7.49. The molecule has 22 heavy (non-hydrogen) atoms. The van der Waals surface area contributed by atoms with Crippen molar-refractivity contribution in [1.29, 1.82) is 0 Å². The largest absolute Gasteiger partial charge is 0.444 e. The van der Waals surface area contributed by atoms with E-state index < -0.39 is 23.3 Å². The third kappa shape index (κ3) is 6.09. The van der Waals surface area contributed by atoms with Gasteiger partial charge in [0, 0.05) is 19.0 Å². The van der Waals surface area contributed by atoms with Crippen molar-refractivity contribution in [3.05, 3.63) is 0 Å². The second kappa shape index (κ2) is 6.73. The summed E-state index contributed by atoms with van der Waals surface area (Å²) in [5, 5.41) is 12.1. The molecule has 7 heteroatoms. The summed E-state index contributed by atoms with van der Waals surface area (Å²) in [6.45, 7) is 11.4. The SMILES string of the molecule is CC(C)(C)OC(=O)NC(CO)C1CN(C(=O)OC(C)(C)C)C1. The van der Waals surface area contributed by atoms with Crippen LogP contribution in [0, 0.1) is 5.92 Å². The van der Waals surface area contributed by atoms with Crippen molar-refractivity contribution in [2.24, 2.45) is 5.92 Å². The van der Waals surface area contributed by atoms with Crippen molar-refractivity contribution < 1.29 is 24.2 Å². The molecule has 7 nitrogen and oxygen atoms in total. The van der Waals surface area contributed by atoms with Crippen LogP contribution in [0.3, 0.4) is 0 Å². The van der Waals surface area contributed by atoms with E-state index in [4.69, 9.17) is 9.47 Å². The van der Waals surface area contributed by atoms with Crippen LogP contribution in [0.4, 0.5) is 9.59 Å². The molecular formula is C15H28N2O5. The smallest absolute Gasteiger partial charge is 0.410 e. The van der Waals surface area contributed by atoms with Crippen molar-refractivity contribution in [3.63, 3.8) is 0 Å². The van der Waals surface area contributed by atoms with Crippen LogP contribution in [0.1, 0.15) is 41.5 Å². The van der Waals surface area contributed by atoms with E-state index in [2.05, 4.69) is 5.32 Å². The first-order chi connectivity index (χ1) is 9.91. The van der Waals surface area contributed by atoms with Crippen LogP contribution in [0.25, 0.3) is 0 Å². The summed E-state index contributed by atoms with van der Waals surface area (Å²) in [4.78, 5) is 25.1. The molecule has 0 bridgehead atoms. The summed E-state index contributed by atoms with van der Waals surface area (Å²) in [5.41, 5.74) is -1.13. The quantitative estimate of drug-likeness (QED) is 0.828. The van der Waals surface area contributed by atoms with Gasteiger partial charge in [-0.2, -0.15) is 0 Å². The average Bonchev–Trinajstić information content (AvgIpc) is 2.19. The van der Waals surface area contributed by atoms with Gasteiger partial charge in [-0.05, 0) is 41.5 Å². The number of hydrogen-bond acceptors (Lipinski definition) is 5. The molecule has 0 aromatic carbocycles. The van der Waals surface area contributed by atoms with Gasteiger partial charge in [-0.25, -0.2) is 9.59 Å². The predicted octanol–water partition coefficient (Wildman–Crippen LogP) is 1.74. The number of carbonyl (C=O) groups excluding carboxylic acids is 2. The molecule has 1 unspecified atom stereocenters. The van der Waals surface area contributed by atoms with E-state index in [-0.39, 0.29) is 18.6 Å². The highest BCUT2D eigenvalue weighted by Crippen LogP contribution is 2.22. The van der Waals surface area contributed by atoms with Crippen LogP contribution < -0.4 is 5.32 Å². The lowest BCUT2D eigenvalue weighted by Crippen LogP contribution is -2.60. The number of amides is 2. The Morgan fingerprint density at radius 1 is 1.14 bits per heavy atom. The molecule has 2 N–H and O–H groups in total. The molecule has 1 rings (SSSR count). The normalized spacial score (nSPS) is 17.5. The summed E-state index contributed by atoms with van der Waals surface area (Å²) in [6, 6.07) is -0.437. The fourth-order valence-corrected chi connectivity index (χ4v) is 2.01. The molecule has 0 aromatic heterocycles. The third-order valence-corrected chi connectivity index (χ3v) is 3.03. The van der Waals surface area contributed by atoms with Crippen LogP contribution in [0.15, 0.2) is 0 Å². The van der Waals surface area contributed by atoms with E-state index in [1.54, 1.807) is 25.7 Å². The number of aliphatic hydroxyl groups is 1. The van der Waals surface area contributed by atoms with Gasteiger partial charge in [-0.1, -0.05) is 0 Å². The highest BCUT2D eigenvalue weighted by atomic mass is 16.6. The van der Waals surface area contributed by atoms with Gasteiger partial charge < -0.3 is 24.8 Å². The Morgan fingerprint density at radius 3 is 2.05 bits per heavy atom. The van der Waals surface area contributed by atoms with Crippen LogP contribution in [-0.4, -0.2) is 59.1 Å². The Morgan fingerprint density at radius 2 is 1.64 bits per heavy atom. The zero-order chi connectivity index (χ0) is 17.1. The number of rotatable bonds is 3. The lowest BCUT2D eigenvalue weighted by atomic mass is 9.92. The topological polar surface area (TPSA) is 88.1 Å². The van der Waals surface area contributed by atoms with Crippen molar-refractivity contribution in [2.45, 2.75) is 58.8 Å². The number of aliphatic hydroxyl groups excluding tert-OH is 1. The summed E-state index contributed by atoms with van der Waals surface area (Å²) in [6.07, 6.45) is -0.944. The Bertz CT molecular complexity index is 405. The molecule has 0 aliphatic carbocycles. The van der Waals surface area contributed by atoms with Gasteiger partial charge in [0.05, 0.1) is 12.6 Å². The molecule has 1 aliphatic heterocycles. The molecule has 0 aromatic rings. The molecule has 1 fully saturated rings. The standard InChI is InChI=1S/C15H28N2O5/c1-14(2,3)21-12(19)16-11(9-18)10-7-17(8-10)13(20)22-15(4,5)6/h10-11,18H,7-9H2,1-6H3,(H,16,19). The summed E-state index contributed by atoms with van der Waals surface area (Å²) < 4.78 is 10.4.